The maximum absolute atomic E-state index is 13.3. The molecule has 1 heterocycles. The molecule has 3 rings (SSSR count). The second-order valence-corrected chi connectivity index (χ2v) is 6.79. The number of hydrogen-bond acceptors (Lipinski definition) is 4. The Balaban J connectivity index is 1.93. The summed E-state index contributed by atoms with van der Waals surface area (Å²) in [5, 5.41) is 2.66. The molecule has 0 spiro atoms. The molecule has 1 N–H and O–H groups in total. The maximum Gasteiger partial charge on any atom is 0.420 e. The molecule has 0 aromatic heterocycles. The minimum atomic E-state index is -4.60. The zero-order valence-corrected chi connectivity index (χ0v) is 16.1. The lowest BCUT2D eigenvalue weighted by molar-refractivity contribution is -0.138. The summed E-state index contributed by atoms with van der Waals surface area (Å²) in [5.74, 6) is -0.0166. The fraction of sp³-hybridized carbons (Fsp3) is 0.381. The van der Waals surface area contributed by atoms with Crippen molar-refractivity contribution in [3.63, 3.8) is 0 Å². The summed E-state index contributed by atoms with van der Waals surface area (Å²) < 4.78 is 55.3. The fourth-order valence-electron chi connectivity index (χ4n) is 3.53. The highest BCUT2D eigenvalue weighted by Gasteiger charge is 2.42. The van der Waals surface area contributed by atoms with E-state index in [4.69, 9.17) is 14.2 Å². The number of nitrogens with one attached hydrogen (secondary N) is 1. The van der Waals surface area contributed by atoms with E-state index >= 15 is 0 Å². The highest BCUT2D eigenvalue weighted by Crippen LogP contribution is 2.40. The van der Waals surface area contributed by atoms with Crippen molar-refractivity contribution in [2.75, 3.05) is 32.8 Å². The van der Waals surface area contributed by atoms with Gasteiger partial charge in [0.2, 0.25) is 5.91 Å². The number of rotatable bonds is 5. The van der Waals surface area contributed by atoms with Crippen LogP contribution in [0.25, 0.3) is 0 Å². The van der Waals surface area contributed by atoms with E-state index in [1.807, 2.05) is 0 Å². The van der Waals surface area contributed by atoms with E-state index in [1.165, 1.54) is 19.2 Å². The molecule has 156 valence electrons. The van der Waals surface area contributed by atoms with Gasteiger partial charge in [-0.05, 0) is 48.7 Å². The highest BCUT2D eigenvalue weighted by atomic mass is 19.4. The van der Waals surface area contributed by atoms with Gasteiger partial charge in [0.25, 0.3) is 0 Å². The van der Waals surface area contributed by atoms with Crippen molar-refractivity contribution in [2.24, 2.45) is 0 Å². The lowest BCUT2D eigenvalue weighted by atomic mass is 9.73. The largest absolute Gasteiger partial charge is 0.497 e. The molecule has 0 radical (unpaired) electrons. The number of hydrogen-bond donors (Lipinski definition) is 1. The topological polar surface area (TPSA) is 56.8 Å². The van der Waals surface area contributed by atoms with Gasteiger partial charge in [0.05, 0.1) is 25.2 Å². The monoisotopic (exact) mass is 409 g/mol. The summed E-state index contributed by atoms with van der Waals surface area (Å²) in [4.78, 5) is 13.2. The van der Waals surface area contributed by atoms with Gasteiger partial charge in [0.15, 0.2) is 0 Å². The van der Waals surface area contributed by atoms with Gasteiger partial charge >= 0.3 is 6.18 Å². The first-order valence-electron chi connectivity index (χ1n) is 9.09. The molecular weight excluding hydrogens is 387 g/mol. The second kappa shape index (κ2) is 8.32. The smallest absolute Gasteiger partial charge is 0.420 e. The van der Waals surface area contributed by atoms with Crippen molar-refractivity contribution in [3.05, 3.63) is 53.6 Å². The number of carbonyl (C=O) groups is 1. The van der Waals surface area contributed by atoms with Crippen LogP contribution in [0, 0.1) is 0 Å². The highest BCUT2D eigenvalue weighted by molar-refractivity contribution is 5.99. The number of ether oxygens (including phenoxy) is 3. The van der Waals surface area contributed by atoms with Gasteiger partial charge in [0, 0.05) is 18.9 Å². The average molecular weight is 409 g/mol. The predicted octanol–water partition coefficient (Wildman–Crippen LogP) is 4.41. The number of amides is 1. The van der Waals surface area contributed by atoms with Crippen LogP contribution in [0.3, 0.4) is 0 Å². The van der Waals surface area contributed by atoms with E-state index in [0.717, 1.165) is 11.6 Å². The van der Waals surface area contributed by atoms with E-state index in [9.17, 15) is 18.0 Å². The Bertz CT molecular complexity index is 859. The van der Waals surface area contributed by atoms with Crippen LogP contribution in [-0.2, 0) is 21.1 Å². The van der Waals surface area contributed by atoms with Gasteiger partial charge in [-0.15, -0.1) is 0 Å². The standard InChI is InChI=1S/C21H22F3NO4/c1-27-16-6-3-14(4-7-16)20(9-11-29-12-10-20)19(26)25-15-5-8-18(28-2)17(13-15)21(22,23)24/h3-8,13H,9-12H2,1-2H3,(H,25,26). The molecule has 2 aromatic rings. The molecule has 1 saturated heterocycles. The first-order chi connectivity index (χ1) is 13.8. The van der Waals surface area contributed by atoms with E-state index in [1.54, 1.807) is 31.4 Å². The molecule has 1 fully saturated rings. The molecule has 29 heavy (non-hydrogen) atoms. The fourth-order valence-corrected chi connectivity index (χ4v) is 3.53. The number of carbonyl (C=O) groups excluding carboxylic acids is 1. The van der Waals surface area contributed by atoms with Crippen molar-refractivity contribution in [1.29, 1.82) is 0 Å². The van der Waals surface area contributed by atoms with Crippen molar-refractivity contribution < 1.29 is 32.2 Å². The lowest BCUT2D eigenvalue weighted by Crippen LogP contribution is -2.44. The lowest BCUT2D eigenvalue weighted by Gasteiger charge is -2.36. The Labute approximate surface area is 166 Å². The van der Waals surface area contributed by atoms with E-state index in [0.29, 0.717) is 31.8 Å². The van der Waals surface area contributed by atoms with Gasteiger partial charge in [-0.1, -0.05) is 12.1 Å². The summed E-state index contributed by atoms with van der Waals surface area (Å²) in [6.07, 6.45) is -3.75. The Kier molecular flexibility index (Phi) is 6.02. The molecule has 1 aliphatic heterocycles. The Hall–Kier alpha value is -2.74. The first kappa shape index (κ1) is 21.0. The summed E-state index contributed by atoms with van der Waals surface area (Å²) >= 11 is 0. The van der Waals surface area contributed by atoms with Crippen LogP contribution in [0.5, 0.6) is 11.5 Å². The van der Waals surface area contributed by atoms with Crippen LogP contribution < -0.4 is 14.8 Å². The third kappa shape index (κ3) is 4.32. The van der Waals surface area contributed by atoms with Crippen LogP contribution in [0.4, 0.5) is 18.9 Å². The first-order valence-corrected chi connectivity index (χ1v) is 9.09. The minimum Gasteiger partial charge on any atom is -0.497 e. The van der Waals surface area contributed by atoms with E-state index in [-0.39, 0.29) is 17.3 Å². The molecule has 2 aromatic carbocycles. The molecule has 1 amide bonds. The predicted molar refractivity (Wildman–Crippen MR) is 101 cm³/mol. The van der Waals surface area contributed by atoms with Crippen LogP contribution in [0.1, 0.15) is 24.0 Å². The molecule has 1 aliphatic rings. The summed E-state index contributed by atoms with van der Waals surface area (Å²) in [7, 11) is 2.72. The van der Waals surface area contributed by atoms with Gasteiger partial charge in [0.1, 0.15) is 11.5 Å². The molecule has 0 bridgehead atoms. The molecule has 0 atom stereocenters. The van der Waals surface area contributed by atoms with Gasteiger partial charge in [-0.25, -0.2) is 0 Å². The van der Waals surface area contributed by atoms with Crippen LogP contribution in [0.2, 0.25) is 0 Å². The maximum atomic E-state index is 13.3. The third-order valence-corrected chi connectivity index (χ3v) is 5.19. The quantitative estimate of drug-likeness (QED) is 0.795. The van der Waals surface area contributed by atoms with Crippen molar-refractivity contribution >= 4 is 11.6 Å². The van der Waals surface area contributed by atoms with Gasteiger partial charge in [-0.3, -0.25) is 4.79 Å². The van der Waals surface area contributed by atoms with Gasteiger partial charge in [-0.2, -0.15) is 13.2 Å². The molecule has 5 nitrogen and oxygen atoms in total. The zero-order valence-electron chi connectivity index (χ0n) is 16.1. The number of anilines is 1. The summed E-state index contributed by atoms with van der Waals surface area (Å²) in [6, 6.07) is 10.6. The summed E-state index contributed by atoms with van der Waals surface area (Å²) in [6.45, 7) is 0.770. The van der Waals surface area contributed by atoms with Crippen molar-refractivity contribution in [3.8, 4) is 11.5 Å². The molecule has 8 heteroatoms. The van der Waals surface area contributed by atoms with Gasteiger partial charge < -0.3 is 19.5 Å². The zero-order chi connectivity index (χ0) is 21.1. The molecule has 0 saturated carbocycles. The normalized spacial score (nSPS) is 16.2. The number of halogens is 3. The van der Waals surface area contributed by atoms with Crippen molar-refractivity contribution in [2.45, 2.75) is 24.4 Å². The molecular formula is C21H22F3NO4. The van der Waals surface area contributed by atoms with E-state index < -0.39 is 17.2 Å². The summed E-state index contributed by atoms with van der Waals surface area (Å²) in [5.41, 5.74) is -1.02. The average Bonchev–Trinajstić information content (AvgIpc) is 2.73. The Morgan fingerprint density at radius 1 is 1.03 bits per heavy atom. The second-order valence-electron chi connectivity index (χ2n) is 6.79. The van der Waals surface area contributed by atoms with E-state index in [2.05, 4.69) is 5.32 Å². The Morgan fingerprint density at radius 3 is 2.24 bits per heavy atom. The molecule has 0 aliphatic carbocycles. The van der Waals surface area contributed by atoms with Crippen molar-refractivity contribution in [1.82, 2.24) is 0 Å². The number of alkyl halides is 3. The van der Waals surface area contributed by atoms with Crippen LogP contribution in [-0.4, -0.2) is 33.3 Å². The Morgan fingerprint density at radius 2 is 1.69 bits per heavy atom. The third-order valence-electron chi connectivity index (χ3n) is 5.19. The minimum absolute atomic E-state index is 0.0579. The number of methoxy groups -OCH3 is 2. The SMILES string of the molecule is COc1ccc(C2(C(=O)Nc3ccc(OC)c(C(F)(F)F)c3)CCOCC2)cc1. The number of benzene rings is 2. The van der Waals surface area contributed by atoms with Crippen LogP contribution in [0.15, 0.2) is 42.5 Å². The molecule has 0 unspecified atom stereocenters. The van der Waals surface area contributed by atoms with Crippen LogP contribution >= 0.6 is 0 Å².